The molecular formula is C64H127NO9. The van der Waals surface area contributed by atoms with E-state index in [2.05, 4.69) is 32.6 Å². The van der Waals surface area contributed by atoms with Crippen LogP contribution in [0.2, 0.25) is 0 Å². The molecule has 442 valence electrons. The van der Waals surface area contributed by atoms with Crippen molar-refractivity contribution in [3.8, 4) is 0 Å². The third kappa shape index (κ3) is 56.9. The molecule has 0 spiro atoms. The molecule has 74 heavy (non-hydrogen) atoms. The topological polar surface area (TPSA) is 113 Å². The van der Waals surface area contributed by atoms with Gasteiger partial charge < -0.3 is 38.4 Å². The number of hydrogen-bond acceptors (Lipinski definition) is 10. The van der Waals surface area contributed by atoms with Crippen molar-refractivity contribution in [3.05, 3.63) is 0 Å². The summed E-state index contributed by atoms with van der Waals surface area (Å²) in [4.78, 5) is 27.9. The zero-order chi connectivity index (χ0) is 53.7. The lowest BCUT2D eigenvalue weighted by Gasteiger charge is -2.22. The zero-order valence-corrected chi connectivity index (χ0v) is 49.9. The summed E-state index contributed by atoms with van der Waals surface area (Å²) in [5.74, 6) is -0.272. The lowest BCUT2D eigenvalue weighted by Crippen LogP contribution is -2.27. The number of esters is 2. The second-order valence-corrected chi connectivity index (χ2v) is 21.9. The van der Waals surface area contributed by atoms with Gasteiger partial charge in [0, 0.05) is 45.9 Å². The van der Waals surface area contributed by atoms with Gasteiger partial charge in [0.1, 0.15) is 0 Å². The molecule has 0 fully saturated rings. The predicted octanol–water partition coefficient (Wildman–Crippen LogP) is 18.1. The van der Waals surface area contributed by atoms with Crippen molar-refractivity contribution in [1.82, 2.24) is 4.90 Å². The number of aliphatic hydroxyl groups is 1. The van der Waals surface area contributed by atoms with E-state index in [1.807, 2.05) is 0 Å². The van der Waals surface area contributed by atoms with Crippen molar-refractivity contribution in [1.29, 1.82) is 0 Å². The average molecular weight is 1050 g/mol. The molecule has 0 aliphatic rings. The lowest BCUT2D eigenvalue weighted by molar-refractivity contribution is -0.159. The highest BCUT2D eigenvalue weighted by Gasteiger charge is 2.15. The zero-order valence-electron chi connectivity index (χ0n) is 49.9. The highest BCUT2D eigenvalue weighted by molar-refractivity contribution is 5.69. The quantitative estimate of drug-likeness (QED) is 0.0359. The monoisotopic (exact) mass is 1050 g/mol. The fourth-order valence-electron chi connectivity index (χ4n) is 9.58. The Balaban J connectivity index is 4.26. The maximum absolute atomic E-state index is 12.6. The normalized spacial score (nSPS) is 11.8. The van der Waals surface area contributed by atoms with E-state index < -0.39 is 0 Å². The molecule has 0 atom stereocenters. The molecule has 0 aromatic carbocycles. The smallest absolute Gasteiger partial charge is 0.305 e. The summed E-state index contributed by atoms with van der Waals surface area (Å²) < 4.78 is 35.8. The Morgan fingerprint density at radius 3 is 0.811 bits per heavy atom. The molecule has 0 aliphatic carbocycles. The molecule has 0 aromatic heterocycles. The number of aliphatic hydroxyl groups excluding tert-OH is 1. The molecule has 0 saturated carbocycles. The Morgan fingerprint density at radius 2 is 0.541 bits per heavy atom. The van der Waals surface area contributed by atoms with Gasteiger partial charge in [0.25, 0.3) is 0 Å². The Hall–Kier alpha value is -1.30. The van der Waals surface area contributed by atoms with Crippen molar-refractivity contribution in [3.63, 3.8) is 0 Å². The van der Waals surface area contributed by atoms with Crippen molar-refractivity contribution in [2.75, 3.05) is 65.9 Å². The lowest BCUT2D eigenvalue weighted by atomic mass is 10.1. The van der Waals surface area contributed by atoms with E-state index in [4.69, 9.17) is 28.4 Å². The van der Waals surface area contributed by atoms with Crippen molar-refractivity contribution in [2.24, 2.45) is 0 Å². The minimum Gasteiger partial charge on any atom is -0.466 e. The van der Waals surface area contributed by atoms with Gasteiger partial charge in [0.2, 0.25) is 0 Å². The first kappa shape index (κ1) is 72.7. The van der Waals surface area contributed by atoms with Crippen LogP contribution in [0.4, 0.5) is 0 Å². The second kappa shape index (κ2) is 62.5. The molecule has 0 heterocycles. The summed E-state index contributed by atoms with van der Waals surface area (Å²) in [5, 5.41) is 9.38. The third-order valence-corrected chi connectivity index (χ3v) is 14.5. The van der Waals surface area contributed by atoms with E-state index in [1.165, 1.54) is 205 Å². The summed E-state index contributed by atoms with van der Waals surface area (Å²) >= 11 is 0. The summed E-state index contributed by atoms with van der Waals surface area (Å²) in [7, 11) is 0. The Bertz CT molecular complexity index is 979. The van der Waals surface area contributed by atoms with Crippen LogP contribution in [0.1, 0.15) is 323 Å². The van der Waals surface area contributed by atoms with Crippen LogP contribution < -0.4 is 0 Å². The van der Waals surface area contributed by atoms with Gasteiger partial charge in [0.05, 0.1) is 26.1 Å². The molecule has 10 nitrogen and oxygen atoms in total. The van der Waals surface area contributed by atoms with Gasteiger partial charge >= 0.3 is 11.9 Å². The Morgan fingerprint density at radius 1 is 0.311 bits per heavy atom. The van der Waals surface area contributed by atoms with Gasteiger partial charge in [-0.15, -0.1) is 0 Å². The third-order valence-electron chi connectivity index (χ3n) is 14.5. The van der Waals surface area contributed by atoms with Crippen LogP contribution in [0.15, 0.2) is 0 Å². The first-order chi connectivity index (χ1) is 36.5. The number of carbonyl (C=O) groups excluding carboxylic acids is 2. The van der Waals surface area contributed by atoms with Crippen molar-refractivity contribution >= 4 is 11.9 Å². The molecule has 1 N–H and O–H groups in total. The molecule has 0 amide bonds. The largest absolute Gasteiger partial charge is 0.466 e. The van der Waals surface area contributed by atoms with Crippen LogP contribution in [0.5, 0.6) is 0 Å². The van der Waals surface area contributed by atoms with Gasteiger partial charge in [-0.3, -0.25) is 9.59 Å². The molecule has 0 unspecified atom stereocenters. The standard InChI is InChI=1S/C64H127NO9/c1-5-9-13-17-23-33-43-57-71-63(72-58-44-34-24-18-14-10-6-2)49-47-61(67)69-55-41-31-27-21-29-37-51-65(53-39-40-54-66)52-38-30-22-28-32-42-56-70-62(68)48-50-64(73-59-45-35-25-19-15-11-7-3)74-60-46-36-26-20-16-12-8-4/h63-64,66H,5-60H2,1-4H3. The number of hydrogen-bond donors (Lipinski definition) is 1. The fraction of sp³-hybridized carbons (Fsp3) is 0.969. The van der Waals surface area contributed by atoms with Crippen molar-refractivity contribution < 1.29 is 43.1 Å². The molecule has 0 radical (unpaired) electrons. The van der Waals surface area contributed by atoms with Gasteiger partial charge in [-0.05, 0) is 83.8 Å². The van der Waals surface area contributed by atoms with Gasteiger partial charge in [0.15, 0.2) is 12.6 Å². The molecular weight excluding hydrogens is 927 g/mol. The summed E-state index contributed by atoms with van der Waals surface area (Å²) in [6.45, 7) is 16.4. The van der Waals surface area contributed by atoms with Gasteiger partial charge in [-0.1, -0.05) is 233 Å². The highest BCUT2D eigenvalue weighted by Crippen LogP contribution is 2.16. The number of carbonyl (C=O) groups is 2. The SMILES string of the molecule is CCCCCCCCCOC(CCC(=O)OCCCCCCCCN(CCCCO)CCCCCCCCOC(=O)CCC(OCCCCCCCCC)OCCCCCCCCC)OCCCCCCCCC. The van der Waals surface area contributed by atoms with E-state index in [0.717, 1.165) is 83.8 Å². The summed E-state index contributed by atoms with van der Waals surface area (Å²) in [6.07, 6.45) is 51.8. The van der Waals surface area contributed by atoms with E-state index in [9.17, 15) is 14.7 Å². The maximum atomic E-state index is 12.6. The molecule has 0 rings (SSSR count). The second-order valence-electron chi connectivity index (χ2n) is 21.9. The number of ether oxygens (including phenoxy) is 6. The number of nitrogens with zero attached hydrogens (tertiary/aromatic N) is 1. The van der Waals surface area contributed by atoms with Crippen molar-refractivity contribution in [2.45, 2.75) is 336 Å². The Labute approximate surface area is 459 Å². The minimum atomic E-state index is -0.319. The molecule has 0 saturated heterocycles. The number of rotatable bonds is 64. The van der Waals surface area contributed by atoms with Gasteiger partial charge in [-0.2, -0.15) is 0 Å². The van der Waals surface area contributed by atoms with Crippen LogP contribution in [0, 0.1) is 0 Å². The average Bonchev–Trinajstić information content (AvgIpc) is 3.40. The predicted molar refractivity (Wildman–Crippen MR) is 312 cm³/mol. The number of unbranched alkanes of at least 4 members (excludes halogenated alkanes) is 35. The van der Waals surface area contributed by atoms with E-state index >= 15 is 0 Å². The molecule has 0 bridgehead atoms. The summed E-state index contributed by atoms with van der Waals surface area (Å²) in [5.41, 5.74) is 0. The van der Waals surface area contributed by atoms with Crippen LogP contribution in [0.3, 0.4) is 0 Å². The molecule has 0 aliphatic heterocycles. The minimum absolute atomic E-state index is 0.136. The van der Waals surface area contributed by atoms with E-state index in [1.54, 1.807) is 0 Å². The van der Waals surface area contributed by atoms with E-state index in [0.29, 0.717) is 65.3 Å². The van der Waals surface area contributed by atoms with Crippen LogP contribution in [0.25, 0.3) is 0 Å². The first-order valence-electron chi connectivity index (χ1n) is 32.6. The maximum Gasteiger partial charge on any atom is 0.305 e. The summed E-state index contributed by atoms with van der Waals surface area (Å²) in [6, 6.07) is 0. The van der Waals surface area contributed by atoms with E-state index in [-0.39, 0.29) is 31.1 Å². The molecule has 0 aromatic rings. The van der Waals surface area contributed by atoms with Gasteiger partial charge in [-0.25, -0.2) is 0 Å². The Kier molecular flexibility index (Phi) is 61.4. The highest BCUT2D eigenvalue weighted by atomic mass is 16.7. The van der Waals surface area contributed by atoms with Crippen LogP contribution in [-0.2, 0) is 38.0 Å². The van der Waals surface area contributed by atoms with Crippen LogP contribution >= 0.6 is 0 Å². The molecule has 10 heteroatoms. The fourth-order valence-corrected chi connectivity index (χ4v) is 9.58. The first-order valence-corrected chi connectivity index (χ1v) is 32.6. The van der Waals surface area contributed by atoms with Crippen LogP contribution in [-0.4, -0.2) is 100 Å².